The maximum atomic E-state index is 9.94. The van der Waals surface area contributed by atoms with Gasteiger partial charge in [-0.25, -0.2) is 0 Å². The van der Waals surface area contributed by atoms with E-state index >= 15 is 0 Å². The van der Waals surface area contributed by atoms with Crippen LogP contribution in [0.4, 0.5) is 0 Å². The summed E-state index contributed by atoms with van der Waals surface area (Å²) in [6.45, 7) is 5.52. The van der Waals surface area contributed by atoms with E-state index < -0.39 is 0 Å². The number of phenols is 1. The summed E-state index contributed by atoms with van der Waals surface area (Å²) in [5.41, 5.74) is 4.17. The van der Waals surface area contributed by atoms with Crippen molar-refractivity contribution in [3.63, 3.8) is 0 Å². The van der Waals surface area contributed by atoms with Crippen LogP contribution in [-0.4, -0.2) is 34.7 Å². The van der Waals surface area contributed by atoms with Crippen LogP contribution in [0.5, 0.6) is 11.5 Å². The van der Waals surface area contributed by atoms with Crippen molar-refractivity contribution in [1.29, 1.82) is 0 Å². The van der Waals surface area contributed by atoms with Crippen LogP contribution in [0, 0.1) is 0 Å². The third-order valence-corrected chi connectivity index (χ3v) is 4.74. The maximum Gasteiger partial charge on any atom is 0.130 e. The Morgan fingerprint density at radius 3 is 3.04 bits per heavy atom. The molecule has 2 heterocycles. The van der Waals surface area contributed by atoms with Gasteiger partial charge in [-0.15, -0.1) is 0 Å². The van der Waals surface area contributed by atoms with Crippen LogP contribution in [0.25, 0.3) is 11.6 Å². The number of aromatic nitrogens is 2. The summed E-state index contributed by atoms with van der Waals surface area (Å²) in [5.74, 6) is 0.824. The summed E-state index contributed by atoms with van der Waals surface area (Å²) in [6.07, 6.45) is 6.71. The lowest BCUT2D eigenvalue weighted by Gasteiger charge is -2.22. The number of nitrogens with zero attached hydrogens (tertiary/aromatic N) is 2. The van der Waals surface area contributed by atoms with Crippen LogP contribution >= 0.6 is 0 Å². The van der Waals surface area contributed by atoms with Gasteiger partial charge in [0.2, 0.25) is 0 Å². The first-order valence-electron chi connectivity index (χ1n) is 8.67. The molecule has 0 radical (unpaired) electrons. The Kier molecular flexibility index (Phi) is 4.32. The van der Waals surface area contributed by atoms with E-state index in [0.29, 0.717) is 37.2 Å². The minimum Gasteiger partial charge on any atom is -0.507 e. The van der Waals surface area contributed by atoms with E-state index in [9.17, 15) is 5.11 Å². The molecular weight excluding hydrogens is 316 g/mol. The molecule has 5 nitrogen and oxygen atoms in total. The van der Waals surface area contributed by atoms with Crippen molar-refractivity contribution in [1.82, 2.24) is 9.78 Å². The van der Waals surface area contributed by atoms with Crippen molar-refractivity contribution in [3.05, 3.63) is 53.9 Å². The fraction of sp³-hybridized carbons (Fsp3) is 0.350. The lowest BCUT2D eigenvalue weighted by atomic mass is 10.0. The lowest BCUT2D eigenvalue weighted by molar-refractivity contribution is 0.156. The second kappa shape index (κ2) is 6.76. The van der Waals surface area contributed by atoms with Gasteiger partial charge in [0.15, 0.2) is 0 Å². The third-order valence-electron chi connectivity index (χ3n) is 4.74. The highest BCUT2D eigenvalue weighted by Gasteiger charge is 2.28. The molecule has 0 spiro atoms. The van der Waals surface area contributed by atoms with Crippen molar-refractivity contribution in [3.8, 4) is 11.5 Å². The topological polar surface area (TPSA) is 56.5 Å². The Bertz CT molecular complexity index is 818. The van der Waals surface area contributed by atoms with Gasteiger partial charge in [0.25, 0.3) is 0 Å². The molecule has 1 aliphatic carbocycles. The minimum atomic E-state index is 0.181. The smallest absolute Gasteiger partial charge is 0.130 e. The highest BCUT2D eigenvalue weighted by atomic mass is 16.5. The molecule has 0 bridgehead atoms. The van der Waals surface area contributed by atoms with Gasteiger partial charge >= 0.3 is 0 Å². The number of aromatic hydroxyl groups is 1. The molecule has 0 unspecified atom stereocenters. The quantitative estimate of drug-likeness (QED) is 0.870. The molecule has 1 N–H and O–H groups in total. The van der Waals surface area contributed by atoms with Gasteiger partial charge in [-0.2, -0.15) is 5.10 Å². The van der Waals surface area contributed by atoms with Crippen LogP contribution in [0.2, 0.25) is 0 Å². The van der Waals surface area contributed by atoms with Crippen LogP contribution < -0.4 is 4.74 Å². The van der Waals surface area contributed by atoms with Crippen molar-refractivity contribution in [2.24, 2.45) is 0 Å². The minimum absolute atomic E-state index is 0.181. The number of benzene rings is 1. The van der Waals surface area contributed by atoms with E-state index in [1.807, 2.05) is 12.3 Å². The average Bonchev–Trinajstić information content (AvgIpc) is 3.37. The molecule has 0 amide bonds. The maximum absolute atomic E-state index is 9.94. The van der Waals surface area contributed by atoms with Crippen molar-refractivity contribution >= 4 is 11.6 Å². The molecular formula is C20H22N2O3. The van der Waals surface area contributed by atoms with Crippen LogP contribution in [0.3, 0.4) is 0 Å². The summed E-state index contributed by atoms with van der Waals surface area (Å²) >= 11 is 0. The first-order valence-corrected chi connectivity index (χ1v) is 8.67. The van der Waals surface area contributed by atoms with Gasteiger partial charge < -0.3 is 14.6 Å². The number of phenolic OH excluding ortho intramolecular Hbond substituents is 1. The fourth-order valence-corrected chi connectivity index (χ4v) is 3.23. The Hall–Kier alpha value is -2.53. The number of hydrogen-bond donors (Lipinski definition) is 1. The Morgan fingerprint density at radius 2 is 2.24 bits per heavy atom. The highest BCUT2D eigenvalue weighted by molar-refractivity contribution is 5.68. The normalized spacial score (nSPS) is 17.6. The van der Waals surface area contributed by atoms with Gasteiger partial charge in [0, 0.05) is 11.8 Å². The highest BCUT2D eigenvalue weighted by Crippen LogP contribution is 2.38. The third kappa shape index (κ3) is 3.20. The molecule has 2 aliphatic rings. The molecule has 2 aromatic rings. The molecule has 0 atom stereocenters. The first-order chi connectivity index (χ1) is 12.3. The van der Waals surface area contributed by atoms with E-state index in [1.54, 1.807) is 18.2 Å². The van der Waals surface area contributed by atoms with Gasteiger partial charge in [-0.3, -0.25) is 4.68 Å². The SMILES string of the molecule is C=Cc1c(O)cccc1OCC1=C(c2ccnn2C2CC2)COCC1. The van der Waals surface area contributed by atoms with E-state index in [-0.39, 0.29) is 5.75 Å². The predicted molar refractivity (Wildman–Crippen MR) is 96.5 cm³/mol. The number of hydrogen-bond acceptors (Lipinski definition) is 4. The largest absolute Gasteiger partial charge is 0.507 e. The van der Waals surface area contributed by atoms with Gasteiger partial charge in [0.1, 0.15) is 18.1 Å². The van der Waals surface area contributed by atoms with E-state index in [4.69, 9.17) is 9.47 Å². The first kappa shape index (κ1) is 16.0. The summed E-state index contributed by atoms with van der Waals surface area (Å²) in [5, 5.41) is 14.4. The van der Waals surface area contributed by atoms with E-state index in [2.05, 4.69) is 22.4 Å². The molecule has 130 valence electrons. The zero-order valence-corrected chi connectivity index (χ0v) is 14.1. The molecule has 1 aromatic heterocycles. The average molecular weight is 338 g/mol. The Balaban J connectivity index is 1.61. The Labute approximate surface area is 147 Å². The van der Waals surface area contributed by atoms with Crippen molar-refractivity contribution < 1.29 is 14.6 Å². The van der Waals surface area contributed by atoms with Crippen molar-refractivity contribution in [2.75, 3.05) is 19.8 Å². The monoisotopic (exact) mass is 338 g/mol. The van der Waals surface area contributed by atoms with E-state index in [1.165, 1.54) is 24.0 Å². The zero-order valence-electron chi connectivity index (χ0n) is 14.1. The van der Waals surface area contributed by atoms with Crippen LogP contribution in [-0.2, 0) is 4.74 Å². The molecule has 1 aromatic carbocycles. The van der Waals surface area contributed by atoms with Crippen molar-refractivity contribution in [2.45, 2.75) is 25.3 Å². The number of ether oxygens (including phenoxy) is 2. The fourth-order valence-electron chi connectivity index (χ4n) is 3.23. The van der Waals surface area contributed by atoms with Crippen LogP contribution in [0.1, 0.15) is 36.6 Å². The predicted octanol–water partition coefficient (Wildman–Crippen LogP) is 3.82. The second-order valence-electron chi connectivity index (χ2n) is 6.46. The molecule has 5 heteroatoms. The van der Waals surface area contributed by atoms with Crippen LogP contribution in [0.15, 0.2) is 42.6 Å². The second-order valence-corrected chi connectivity index (χ2v) is 6.46. The van der Waals surface area contributed by atoms with Gasteiger partial charge in [0.05, 0.1) is 30.5 Å². The molecule has 1 saturated carbocycles. The summed E-state index contributed by atoms with van der Waals surface area (Å²) in [4.78, 5) is 0. The van der Waals surface area contributed by atoms with Gasteiger partial charge in [-0.05, 0) is 43.0 Å². The van der Waals surface area contributed by atoms with E-state index in [0.717, 1.165) is 12.1 Å². The summed E-state index contributed by atoms with van der Waals surface area (Å²) in [7, 11) is 0. The molecule has 4 rings (SSSR count). The molecule has 1 fully saturated rings. The summed E-state index contributed by atoms with van der Waals surface area (Å²) < 4.78 is 13.8. The molecule has 1 aliphatic heterocycles. The van der Waals surface area contributed by atoms with Gasteiger partial charge in [-0.1, -0.05) is 18.7 Å². The number of rotatable bonds is 6. The zero-order chi connectivity index (χ0) is 17.2. The molecule has 25 heavy (non-hydrogen) atoms. The summed E-state index contributed by atoms with van der Waals surface area (Å²) in [6, 6.07) is 7.85. The lowest BCUT2D eigenvalue weighted by Crippen LogP contribution is -2.17. The Morgan fingerprint density at radius 1 is 1.36 bits per heavy atom. The standard InChI is InChI=1S/C20H22N2O3/c1-2-16-19(23)4-3-5-20(16)25-12-14-9-11-24-13-17(14)18-8-10-21-22(18)15-6-7-15/h2-5,8,10,15,23H,1,6-7,9,11-13H2. The molecule has 0 saturated heterocycles.